The lowest BCUT2D eigenvalue weighted by Crippen LogP contribution is -2.27. The van der Waals surface area contributed by atoms with Gasteiger partial charge < -0.3 is 9.84 Å². The van der Waals surface area contributed by atoms with Crippen molar-refractivity contribution in [2.45, 2.75) is 18.6 Å². The number of ether oxygens (including phenoxy) is 1. The number of aliphatic hydroxyl groups is 1. The summed E-state index contributed by atoms with van der Waals surface area (Å²) in [6, 6.07) is 8.61. The van der Waals surface area contributed by atoms with Crippen molar-refractivity contribution in [2.75, 3.05) is 27.8 Å². The maximum Gasteiger partial charge on any atom is 0.453 e. The van der Waals surface area contributed by atoms with Gasteiger partial charge in [-0.05, 0) is 29.8 Å². The van der Waals surface area contributed by atoms with Crippen molar-refractivity contribution in [1.82, 2.24) is 37.4 Å². The first-order valence-electron chi connectivity index (χ1n) is 12.3. The molecule has 4 heterocycles. The minimum atomic E-state index is -4.95. The van der Waals surface area contributed by atoms with Gasteiger partial charge in [-0.3, -0.25) is 4.40 Å². The fraction of sp³-hybridized carbons (Fsp3) is 0.280. The standard InChI is InChI=1S/C25H23F5N8O4S/c1-35(2)43(40,41)36-12-18(31-14-36)21-20(32-19-9-6-16(11-37(19)21)24(26,27)13-39)22-33-23(25(28,29)30)34-38(22)10-15-4-7-17(42-3)8-5-15/h4-9,11-12,14,39H,10,13H2,1-3H3. The number of nitrogens with zero attached hydrogens (tertiary/aromatic N) is 8. The van der Waals surface area contributed by atoms with Gasteiger partial charge >= 0.3 is 16.4 Å². The lowest BCUT2D eigenvalue weighted by molar-refractivity contribution is -0.144. The Balaban J connectivity index is 1.77. The quantitative estimate of drug-likeness (QED) is 0.247. The average Bonchev–Trinajstić information content (AvgIpc) is 3.69. The van der Waals surface area contributed by atoms with Crippen molar-refractivity contribution in [3.05, 3.63) is 72.1 Å². The second-order valence-corrected chi connectivity index (χ2v) is 11.5. The van der Waals surface area contributed by atoms with Crippen LogP contribution in [-0.2, 0) is 28.9 Å². The van der Waals surface area contributed by atoms with Crippen molar-refractivity contribution in [3.8, 4) is 28.7 Å². The van der Waals surface area contributed by atoms with Crippen LogP contribution in [-0.4, -0.2) is 78.7 Å². The molecule has 5 aromatic rings. The second-order valence-electron chi connectivity index (χ2n) is 9.46. The van der Waals surface area contributed by atoms with Crippen LogP contribution >= 0.6 is 0 Å². The molecule has 0 aliphatic heterocycles. The first kappa shape index (κ1) is 30.1. The lowest BCUT2D eigenvalue weighted by atomic mass is 10.1. The van der Waals surface area contributed by atoms with E-state index in [4.69, 9.17) is 4.74 Å². The van der Waals surface area contributed by atoms with Crippen molar-refractivity contribution in [3.63, 3.8) is 0 Å². The number of rotatable bonds is 9. The fourth-order valence-corrected chi connectivity index (χ4v) is 4.92. The number of aliphatic hydroxyl groups excluding tert-OH is 1. The maximum atomic E-state index is 14.5. The SMILES string of the molecule is COc1ccc(Cn2nc(C(F)(F)F)nc2-c2nc3ccc(C(F)(F)CO)cn3c2-c2cn(S(=O)(=O)N(C)C)cn2)cc1. The van der Waals surface area contributed by atoms with Gasteiger partial charge in [0.05, 0.1) is 19.9 Å². The Hall–Kier alpha value is -4.42. The summed E-state index contributed by atoms with van der Waals surface area (Å²) < 4.78 is 105. The number of fused-ring (bicyclic) bond motifs is 1. The minimum Gasteiger partial charge on any atom is -0.497 e. The van der Waals surface area contributed by atoms with Gasteiger partial charge in [-0.2, -0.15) is 34.7 Å². The van der Waals surface area contributed by atoms with Crippen LogP contribution in [0.5, 0.6) is 5.75 Å². The Labute approximate surface area is 240 Å². The monoisotopic (exact) mass is 626 g/mol. The van der Waals surface area contributed by atoms with Crippen molar-refractivity contribution < 1.29 is 40.2 Å². The molecule has 0 spiro atoms. The van der Waals surface area contributed by atoms with Crippen molar-refractivity contribution in [1.29, 1.82) is 0 Å². The molecule has 1 N–H and O–H groups in total. The van der Waals surface area contributed by atoms with Crippen LogP contribution in [0.3, 0.4) is 0 Å². The second kappa shape index (κ2) is 10.7. The van der Waals surface area contributed by atoms with Gasteiger partial charge in [0.2, 0.25) is 0 Å². The Morgan fingerprint density at radius 3 is 2.30 bits per heavy atom. The summed E-state index contributed by atoms with van der Waals surface area (Å²) in [7, 11) is -0.0622. The molecule has 0 aliphatic rings. The first-order valence-corrected chi connectivity index (χ1v) is 13.7. The topological polar surface area (TPSA) is 133 Å². The summed E-state index contributed by atoms with van der Waals surface area (Å²) >= 11 is 0. The number of aromatic nitrogens is 7. The van der Waals surface area contributed by atoms with E-state index in [2.05, 4.69) is 20.1 Å². The average molecular weight is 627 g/mol. The first-order chi connectivity index (χ1) is 20.2. The molecule has 0 radical (unpaired) electrons. The zero-order chi connectivity index (χ0) is 31.3. The highest BCUT2D eigenvalue weighted by Gasteiger charge is 2.39. The molecule has 0 amide bonds. The van der Waals surface area contributed by atoms with E-state index in [0.29, 0.717) is 11.3 Å². The molecule has 12 nitrogen and oxygen atoms in total. The smallest absolute Gasteiger partial charge is 0.453 e. The largest absolute Gasteiger partial charge is 0.497 e. The molecule has 0 bridgehead atoms. The number of imidazole rings is 2. The van der Waals surface area contributed by atoms with Gasteiger partial charge in [-0.15, -0.1) is 5.10 Å². The normalized spacial score (nSPS) is 12.9. The van der Waals surface area contributed by atoms with Gasteiger partial charge in [-0.25, -0.2) is 23.6 Å². The highest BCUT2D eigenvalue weighted by atomic mass is 32.2. The Kier molecular flexibility index (Phi) is 7.47. The van der Waals surface area contributed by atoms with Crippen LogP contribution in [0.25, 0.3) is 28.6 Å². The number of methoxy groups -OCH3 is 1. The van der Waals surface area contributed by atoms with E-state index in [0.717, 1.165) is 42.1 Å². The predicted octanol–water partition coefficient (Wildman–Crippen LogP) is 3.27. The van der Waals surface area contributed by atoms with Crippen LogP contribution in [0.4, 0.5) is 22.0 Å². The van der Waals surface area contributed by atoms with Gasteiger partial charge in [0.25, 0.3) is 11.7 Å². The molecule has 1 aromatic carbocycles. The van der Waals surface area contributed by atoms with E-state index in [1.807, 2.05) is 0 Å². The van der Waals surface area contributed by atoms with Crippen LogP contribution in [0.1, 0.15) is 17.0 Å². The number of alkyl halides is 5. The molecule has 0 saturated heterocycles. The van der Waals surface area contributed by atoms with E-state index in [1.165, 1.54) is 27.3 Å². The minimum absolute atomic E-state index is 0.0000580. The molecule has 43 heavy (non-hydrogen) atoms. The molecule has 0 saturated carbocycles. The van der Waals surface area contributed by atoms with E-state index in [1.54, 1.807) is 24.3 Å². The lowest BCUT2D eigenvalue weighted by Gasteiger charge is -2.14. The summed E-state index contributed by atoms with van der Waals surface area (Å²) in [5, 5.41) is 12.9. The Morgan fingerprint density at radius 1 is 1.00 bits per heavy atom. The van der Waals surface area contributed by atoms with Gasteiger partial charge in [0.15, 0.2) is 5.82 Å². The van der Waals surface area contributed by atoms with Crippen LogP contribution < -0.4 is 4.74 Å². The molecule has 228 valence electrons. The summed E-state index contributed by atoms with van der Waals surface area (Å²) in [6.45, 7) is -1.72. The molecule has 0 unspecified atom stereocenters. The van der Waals surface area contributed by atoms with Crippen molar-refractivity contribution in [2.24, 2.45) is 0 Å². The van der Waals surface area contributed by atoms with E-state index in [-0.39, 0.29) is 35.1 Å². The number of benzene rings is 1. The van der Waals surface area contributed by atoms with Crippen LogP contribution in [0.2, 0.25) is 0 Å². The van der Waals surface area contributed by atoms with E-state index in [9.17, 15) is 35.5 Å². The Bertz CT molecular complexity index is 1900. The van der Waals surface area contributed by atoms with Gasteiger partial charge in [0, 0.05) is 25.9 Å². The summed E-state index contributed by atoms with van der Waals surface area (Å²) in [5.74, 6) is -5.03. The molecule has 5 rings (SSSR count). The molecule has 18 heteroatoms. The van der Waals surface area contributed by atoms with Crippen molar-refractivity contribution >= 4 is 15.9 Å². The number of pyridine rings is 1. The summed E-state index contributed by atoms with van der Waals surface area (Å²) in [6.07, 6.45) is -2.00. The zero-order valence-corrected chi connectivity index (χ0v) is 23.5. The third-order valence-electron chi connectivity index (χ3n) is 6.40. The number of hydrogen-bond donors (Lipinski definition) is 1. The fourth-order valence-electron chi connectivity index (χ4n) is 4.15. The maximum absolute atomic E-state index is 14.5. The van der Waals surface area contributed by atoms with Gasteiger partial charge in [0.1, 0.15) is 41.4 Å². The molecule has 0 aliphatic carbocycles. The molecular formula is C25H23F5N8O4S. The molecular weight excluding hydrogens is 603 g/mol. The number of hydrogen-bond acceptors (Lipinski definition) is 8. The molecule has 0 fully saturated rings. The van der Waals surface area contributed by atoms with E-state index < -0.39 is 40.3 Å². The highest BCUT2D eigenvalue weighted by molar-refractivity contribution is 7.87. The third-order valence-corrected chi connectivity index (χ3v) is 8.05. The number of halogens is 5. The highest BCUT2D eigenvalue weighted by Crippen LogP contribution is 2.36. The molecule has 0 atom stereocenters. The third kappa shape index (κ3) is 5.55. The predicted molar refractivity (Wildman–Crippen MR) is 142 cm³/mol. The van der Waals surface area contributed by atoms with E-state index >= 15 is 0 Å². The summed E-state index contributed by atoms with van der Waals surface area (Å²) in [4.78, 5) is 12.2. The van der Waals surface area contributed by atoms with Crippen LogP contribution in [0, 0.1) is 0 Å². The van der Waals surface area contributed by atoms with Crippen LogP contribution in [0.15, 0.2) is 55.1 Å². The molecule has 4 aromatic heterocycles. The Morgan fingerprint density at radius 2 is 1.70 bits per heavy atom. The van der Waals surface area contributed by atoms with Gasteiger partial charge in [-0.1, -0.05) is 12.1 Å². The zero-order valence-electron chi connectivity index (χ0n) is 22.7. The summed E-state index contributed by atoms with van der Waals surface area (Å²) in [5.41, 5.74) is -0.630.